The predicted molar refractivity (Wildman–Crippen MR) is 75.1 cm³/mol. The highest BCUT2D eigenvalue weighted by Crippen LogP contribution is 2.29. The van der Waals surface area contributed by atoms with E-state index in [1.165, 1.54) is 9.40 Å². The first-order valence-corrected chi connectivity index (χ1v) is 7.94. The van der Waals surface area contributed by atoms with Crippen molar-refractivity contribution >= 4 is 53.9 Å². The van der Waals surface area contributed by atoms with Gasteiger partial charge < -0.3 is 5.32 Å². The van der Waals surface area contributed by atoms with E-state index in [2.05, 4.69) is 32.7 Å². The van der Waals surface area contributed by atoms with Gasteiger partial charge in [-0.3, -0.25) is 4.79 Å². The minimum Gasteiger partial charge on any atom is -0.351 e. The van der Waals surface area contributed by atoms with E-state index in [0.29, 0.717) is 0 Å². The molecule has 0 radical (unpaired) electrons. The number of unbranched alkanes of at least 4 members (excludes halogenated alkanes) is 1. The van der Waals surface area contributed by atoms with Gasteiger partial charge in [0.25, 0.3) is 5.91 Å². The SMILES string of the molecule is O=C(NCCCCBr)c1cc2sccc2s1. The summed E-state index contributed by atoms with van der Waals surface area (Å²) in [4.78, 5) is 12.6. The molecule has 2 aromatic heterocycles. The van der Waals surface area contributed by atoms with Crippen molar-refractivity contribution in [1.82, 2.24) is 5.32 Å². The summed E-state index contributed by atoms with van der Waals surface area (Å²) in [5.74, 6) is 0.0583. The molecule has 2 heterocycles. The van der Waals surface area contributed by atoms with E-state index in [1.807, 2.05) is 6.07 Å². The van der Waals surface area contributed by atoms with Crippen LogP contribution in [0.1, 0.15) is 22.5 Å². The van der Waals surface area contributed by atoms with Crippen LogP contribution in [0.25, 0.3) is 9.40 Å². The molecule has 1 amide bonds. The van der Waals surface area contributed by atoms with Crippen LogP contribution in [0, 0.1) is 0 Å². The molecule has 0 saturated heterocycles. The van der Waals surface area contributed by atoms with Crippen molar-refractivity contribution < 1.29 is 4.79 Å². The van der Waals surface area contributed by atoms with Crippen molar-refractivity contribution in [3.05, 3.63) is 22.4 Å². The standard InChI is InChI=1S/C11H12BrNOS2/c12-4-1-2-5-13-11(14)10-7-9-8(16-10)3-6-15-9/h3,6-7H,1-2,4-5H2,(H,13,14). The molecule has 0 fully saturated rings. The zero-order valence-electron chi connectivity index (χ0n) is 8.66. The first kappa shape index (κ1) is 12.1. The quantitative estimate of drug-likeness (QED) is 0.658. The highest BCUT2D eigenvalue weighted by molar-refractivity contribution is 9.09. The van der Waals surface area contributed by atoms with Crippen molar-refractivity contribution in [2.75, 3.05) is 11.9 Å². The highest BCUT2D eigenvalue weighted by Gasteiger charge is 2.09. The number of rotatable bonds is 5. The topological polar surface area (TPSA) is 29.1 Å². The number of thiophene rings is 2. The largest absolute Gasteiger partial charge is 0.351 e. The fourth-order valence-corrected chi connectivity index (χ4v) is 3.81. The van der Waals surface area contributed by atoms with E-state index in [0.717, 1.165) is 29.6 Å². The third-order valence-electron chi connectivity index (χ3n) is 2.21. The summed E-state index contributed by atoms with van der Waals surface area (Å²) in [7, 11) is 0. The first-order valence-electron chi connectivity index (χ1n) is 5.12. The van der Waals surface area contributed by atoms with Crippen LogP contribution in [-0.2, 0) is 0 Å². The van der Waals surface area contributed by atoms with E-state index in [-0.39, 0.29) is 5.91 Å². The smallest absolute Gasteiger partial charge is 0.261 e. The molecule has 5 heteroatoms. The number of amides is 1. The van der Waals surface area contributed by atoms with E-state index < -0.39 is 0 Å². The fraction of sp³-hybridized carbons (Fsp3) is 0.364. The summed E-state index contributed by atoms with van der Waals surface area (Å²) in [6, 6.07) is 4.04. The van der Waals surface area contributed by atoms with Crippen LogP contribution in [0.2, 0.25) is 0 Å². The summed E-state index contributed by atoms with van der Waals surface area (Å²) >= 11 is 6.62. The van der Waals surface area contributed by atoms with Gasteiger partial charge in [0.2, 0.25) is 0 Å². The Hall–Kier alpha value is -0.390. The molecule has 0 spiro atoms. The van der Waals surface area contributed by atoms with Gasteiger partial charge in [0.15, 0.2) is 0 Å². The number of carbonyl (C=O) groups excluding carboxylic acids is 1. The second kappa shape index (κ2) is 5.80. The van der Waals surface area contributed by atoms with Crippen LogP contribution >= 0.6 is 38.6 Å². The van der Waals surface area contributed by atoms with Crippen LogP contribution in [0.4, 0.5) is 0 Å². The number of halogens is 1. The molecule has 0 atom stereocenters. The number of fused-ring (bicyclic) bond motifs is 1. The van der Waals surface area contributed by atoms with E-state index in [9.17, 15) is 4.79 Å². The Kier molecular flexibility index (Phi) is 4.37. The Labute approximate surface area is 111 Å². The molecule has 2 aromatic rings. The highest BCUT2D eigenvalue weighted by atomic mass is 79.9. The van der Waals surface area contributed by atoms with E-state index in [1.54, 1.807) is 22.7 Å². The van der Waals surface area contributed by atoms with Gasteiger partial charge in [-0.2, -0.15) is 0 Å². The van der Waals surface area contributed by atoms with Crippen LogP contribution in [-0.4, -0.2) is 17.8 Å². The minimum absolute atomic E-state index is 0.0583. The molecule has 2 rings (SSSR count). The number of carbonyl (C=O) groups is 1. The second-order valence-corrected chi connectivity index (χ2v) is 6.24. The molecule has 86 valence electrons. The minimum atomic E-state index is 0.0583. The summed E-state index contributed by atoms with van der Waals surface area (Å²) in [6.45, 7) is 0.760. The number of alkyl halides is 1. The van der Waals surface area contributed by atoms with Gasteiger partial charge in [0, 0.05) is 21.3 Å². The lowest BCUT2D eigenvalue weighted by Gasteiger charge is -2.01. The summed E-state index contributed by atoms with van der Waals surface area (Å²) in [6.07, 6.45) is 2.12. The monoisotopic (exact) mass is 317 g/mol. The molecule has 2 nitrogen and oxygen atoms in total. The maximum Gasteiger partial charge on any atom is 0.261 e. The first-order chi connectivity index (χ1) is 7.81. The van der Waals surface area contributed by atoms with Crippen LogP contribution in [0.3, 0.4) is 0 Å². The van der Waals surface area contributed by atoms with Crippen LogP contribution in [0.5, 0.6) is 0 Å². The number of nitrogens with one attached hydrogen (secondary N) is 1. The third-order valence-corrected chi connectivity index (χ3v) is 4.86. The molecule has 16 heavy (non-hydrogen) atoms. The zero-order valence-corrected chi connectivity index (χ0v) is 11.9. The molecule has 0 saturated carbocycles. The van der Waals surface area contributed by atoms with Gasteiger partial charge in [0.1, 0.15) is 0 Å². The van der Waals surface area contributed by atoms with Crippen LogP contribution in [0.15, 0.2) is 17.5 Å². The van der Waals surface area contributed by atoms with Crippen molar-refractivity contribution in [2.45, 2.75) is 12.8 Å². The molecule has 0 aliphatic carbocycles. The van der Waals surface area contributed by atoms with E-state index >= 15 is 0 Å². The maximum atomic E-state index is 11.8. The van der Waals surface area contributed by atoms with Crippen LogP contribution < -0.4 is 5.32 Å². The summed E-state index contributed by atoms with van der Waals surface area (Å²) in [5, 5.41) is 5.99. The van der Waals surface area contributed by atoms with Crippen molar-refractivity contribution in [1.29, 1.82) is 0 Å². The fourth-order valence-electron chi connectivity index (χ4n) is 1.39. The van der Waals surface area contributed by atoms with Gasteiger partial charge >= 0.3 is 0 Å². The number of hydrogen-bond donors (Lipinski definition) is 1. The van der Waals surface area contributed by atoms with Gasteiger partial charge in [-0.25, -0.2) is 0 Å². The molecular weight excluding hydrogens is 306 g/mol. The van der Waals surface area contributed by atoms with Gasteiger partial charge in [-0.05, 0) is 30.4 Å². The van der Waals surface area contributed by atoms with Gasteiger partial charge in [-0.1, -0.05) is 15.9 Å². The lowest BCUT2D eigenvalue weighted by Crippen LogP contribution is -2.23. The molecule has 0 aliphatic rings. The van der Waals surface area contributed by atoms with Crippen molar-refractivity contribution in [2.24, 2.45) is 0 Å². The Bertz CT molecular complexity index is 448. The molecular formula is C11H12BrNOS2. The van der Waals surface area contributed by atoms with E-state index in [4.69, 9.17) is 0 Å². The zero-order chi connectivity index (χ0) is 11.4. The lowest BCUT2D eigenvalue weighted by atomic mass is 10.3. The summed E-state index contributed by atoms with van der Waals surface area (Å²) in [5.41, 5.74) is 0. The van der Waals surface area contributed by atoms with Crippen molar-refractivity contribution in [3.63, 3.8) is 0 Å². The third kappa shape index (κ3) is 2.84. The number of hydrogen-bond acceptors (Lipinski definition) is 3. The van der Waals surface area contributed by atoms with Gasteiger partial charge in [0.05, 0.1) is 4.88 Å². The predicted octanol–water partition coefficient (Wildman–Crippen LogP) is 3.87. The average Bonchev–Trinajstić information content (AvgIpc) is 2.83. The lowest BCUT2D eigenvalue weighted by molar-refractivity contribution is 0.0957. The molecule has 0 aliphatic heterocycles. The Morgan fingerprint density at radius 3 is 3.00 bits per heavy atom. The molecule has 1 N–H and O–H groups in total. The normalized spacial score (nSPS) is 10.8. The Balaban J connectivity index is 1.92. The van der Waals surface area contributed by atoms with Crippen molar-refractivity contribution in [3.8, 4) is 0 Å². The maximum absolute atomic E-state index is 11.8. The summed E-state index contributed by atoms with van der Waals surface area (Å²) < 4.78 is 2.41. The Morgan fingerprint density at radius 2 is 2.25 bits per heavy atom. The van der Waals surface area contributed by atoms with Gasteiger partial charge in [-0.15, -0.1) is 22.7 Å². The Morgan fingerprint density at radius 1 is 1.38 bits per heavy atom. The average molecular weight is 318 g/mol. The molecule has 0 aromatic carbocycles. The second-order valence-electron chi connectivity index (χ2n) is 3.41. The molecule has 0 bridgehead atoms. The molecule has 0 unspecified atom stereocenters.